The first-order valence-electron chi connectivity index (χ1n) is 12.6. The molecule has 1 unspecified atom stereocenters. The van der Waals surface area contributed by atoms with Crippen LogP contribution in [0.1, 0.15) is 44.1 Å². The van der Waals surface area contributed by atoms with Gasteiger partial charge in [-0.15, -0.1) is 0 Å². The molecule has 0 spiro atoms. The minimum Gasteiger partial charge on any atom is -0.780 e. The fourth-order valence-corrected chi connectivity index (χ4v) is 5.05. The van der Waals surface area contributed by atoms with Crippen molar-refractivity contribution in [1.82, 2.24) is 20.7 Å². The van der Waals surface area contributed by atoms with E-state index >= 15 is 0 Å². The number of benzene rings is 2. The molecule has 2 aromatic carbocycles. The van der Waals surface area contributed by atoms with Gasteiger partial charge in [0, 0.05) is 37.6 Å². The van der Waals surface area contributed by atoms with Gasteiger partial charge in [0.05, 0.1) is 18.8 Å². The molecule has 1 aliphatic heterocycles. The van der Waals surface area contributed by atoms with Gasteiger partial charge in [0.1, 0.15) is 18.1 Å². The lowest BCUT2D eigenvalue weighted by Gasteiger charge is -2.28. The van der Waals surface area contributed by atoms with Crippen molar-refractivity contribution < 1.29 is 23.5 Å². The van der Waals surface area contributed by atoms with Gasteiger partial charge in [0.2, 0.25) is 11.8 Å². The zero-order valence-corrected chi connectivity index (χ0v) is 22.9. The third kappa shape index (κ3) is 7.12. The molecule has 38 heavy (non-hydrogen) atoms. The highest BCUT2D eigenvalue weighted by atomic mass is 32.5. The zero-order valence-electron chi connectivity index (χ0n) is 21.2. The maximum Gasteiger partial charge on any atom is 0.227 e. The van der Waals surface area contributed by atoms with Gasteiger partial charge in [-0.05, 0) is 24.5 Å². The van der Waals surface area contributed by atoms with E-state index in [0.29, 0.717) is 25.2 Å². The molecule has 0 fully saturated rings. The van der Waals surface area contributed by atoms with Crippen LogP contribution >= 0.6 is 6.72 Å². The van der Waals surface area contributed by atoms with Gasteiger partial charge >= 0.3 is 0 Å². The molecule has 10 nitrogen and oxygen atoms in total. The van der Waals surface area contributed by atoms with E-state index in [-0.39, 0.29) is 31.3 Å². The Hall–Kier alpha value is -2.95. The smallest absolute Gasteiger partial charge is 0.227 e. The largest absolute Gasteiger partial charge is 0.780 e. The number of unbranched alkanes of at least 4 members (excludes halogenated alkanes) is 3. The van der Waals surface area contributed by atoms with E-state index in [1.807, 2.05) is 48.5 Å². The van der Waals surface area contributed by atoms with Gasteiger partial charge in [-0.1, -0.05) is 67.1 Å². The van der Waals surface area contributed by atoms with Crippen molar-refractivity contribution in [2.45, 2.75) is 45.1 Å². The fraction of sp³-hybridized carbons (Fsp3) is 0.385. The number of nitrogens with one attached hydrogen (secondary N) is 2. The normalized spacial score (nSPS) is 13.9. The lowest BCUT2D eigenvalue weighted by atomic mass is 9.95. The number of carbonyl (C=O) groups excluding carboxylic acids is 2. The van der Waals surface area contributed by atoms with Gasteiger partial charge in [-0.2, -0.15) is 15.4 Å². The Morgan fingerprint density at radius 2 is 1.71 bits per heavy atom. The predicted octanol–water partition coefficient (Wildman–Crippen LogP) is 3.69. The molecule has 0 saturated heterocycles. The number of nitrogens with zero attached hydrogens (tertiary/aromatic N) is 3. The Balaban J connectivity index is 1.30. The average Bonchev–Trinajstić information content (AvgIpc) is 3.40. The number of anilines is 1. The molecule has 3 aromatic rings. The number of carbonyl (C=O) groups is 2. The summed E-state index contributed by atoms with van der Waals surface area (Å²) in [5, 5.41) is 14.4. The van der Waals surface area contributed by atoms with Crippen molar-refractivity contribution >= 4 is 36.0 Å². The molecule has 1 aliphatic rings. The molecule has 0 aliphatic carbocycles. The van der Waals surface area contributed by atoms with Crippen LogP contribution in [0.4, 0.5) is 5.69 Å². The third-order valence-electron chi connectivity index (χ3n) is 6.33. The standard InChI is InChI=1S/C26H32N5O5PS/c1-35-37(34,38)36-17-9-3-2-8-16-27-23(32)14-15-24(33)31-18-19-10-4-5-11-20(19)25-26(29-30-28-25)21-12-6-7-13-22(21)31/h4-7,10-13H,2-3,8-9,14-18H2,1H3,(H,27,32)(H,34,38)(H,28,29,30)/p-1. The summed E-state index contributed by atoms with van der Waals surface area (Å²) in [6, 6.07) is 15.5. The molecular formula is C26H31N5O5PS-. The Morgan fingerprint density at radius 3 is 2.50 bits per heavy atom. The molecule has 0 radical (unpaired) electrons. The van der Waals surface area contributed by atoms with Crippen LogP contribution < -0.4 is 15.1 Å². The summed E-state index contributed by atoms with van der Waals surface area (Å²) in [4.78, 5) is 39.0. The summed E-state index contributed by atoms with van der Waals surface area (Å²) in [7, 11) is 1.27. The van der Waals surface area contributed by atoms with Crippen molar-refractivity contribution in [1.29, 1.82) is 0 Å². The number of H-pyrrole nitrogens is 1. The number of fused-ring (bicyclic) bond motifs is 5. The number of rotatable bonds is 12. The van der Waals surface area contributed by atoms with E-state index in [9.17, 15) is 14.5 Å². The average molecular weight is 557 g/mol. The van der Waals surface area contributed by atoms with Crippen LogP contribution in [-0.4, -0.2) is 47.5 Å². The highest BCUT2D eigenvalue weighted by molar-refractivity contribution is 8.06. The van der Waals surface area contributed by atoms with Crippen LogP contribution in [0.3, 0.4) is 0 Å². The second-order valence-corrected chi connectivity index (χ2v) is 11.8. The maximum atomic E-state index is 13.4. The first kappa shape index (κ1) is 28.1. The molecule has 0 saturated carbocycles. The van der Waals surface area contributed by atoms with Crippen molar-refractivity contribution in [3.05, 3.63) is 54.1 Å². The number of aromatic nitrogens is 3. The Kier molecular flexibility index (Phi) is 9.76. The molecule has 12 heteroatoms. The summed E-state index contributed by atoms with van der Waals surface area (Å²) in [6.07, 6.45) is 3.44. The molecule has 202 valence electrons. The van der Waals surface area contributed by atoms with Crippen LogP contribution in [0.25, 0.3) is 22.5 Å². The summed E-state index contributed by atoms with van der Waals surface area (Å²) in [5.74, 6) is -0.294. The molecule has 2 heterocycles. The monoisotopic (exact) mass is 556 g/mol. The summed E-state index contributed by atoms with van der Waals surface area (Å²) >= 11 is 4.67. The van der Waals surface area contributed by atoms with E-state index in [4.69, 9.17) is 4.52 Å². The zero-order chi connectivity index (χ0) is 27.0. The lowest BCUT2D eigenvalue weighted by molar-refractivity contribution is -0.204. The van der Waals surface area contributed by atoms with Gasteiger partial charge in [-0.3, -0.25) is 9.59 Å². The van der Waals surface area contributed by atoms with Crippen LogP contribution in [0.15, 0.2) is 48.5 Å². The second kappa shape index (κ2) is 13.2. The molecule has 4 rings (SSSR count). The van der Waals surface area contributed by atoms with Crippen molar-refractivity contribution in [3.8, 4) is 22.5 Å². The minimum atomic E-state index is -3.34. The topological polar surface area (TPSA) is 132 Å². The van der Waals surface area contributed by atoms with Crippen LogP contribution in [0.2, 0.25) is 0 Å². The Labute approximate surface area is 227 Å². The van der Waals surface area contributed by atoms with Gasteiger partial charge in [0.25, 0.3) is 0 Å². The van der Waals surface area contributed by atoms with E-state index in [2.05, 4.69) is 37.1 Å². The van der Waals surface area contributed by atoms with E-state index < -0.39 is 6.72 Å². The first-order valence-corrected chi connectivity index (χ1v) is 15.1. The van der Waals surface area contributed by atoms with E-state index in [0.717, 1.165) is 47.3 Å². The second-order valence-electron chi connectivity index (χ2n) is 8.90. The highest BCUT2D eigenvalue weighted by Gasteiger charge is 2.27. The van der Waals surface area contributed by atoms with Crippen molar-refractivity contribution in [2.75, 3.05) is 25.2 Å². The van der Waals surface area contributed by atoms with Crippen molar-refractivity contribution in [2.24, 2.45) is 0 Å². The highest BCUT2D eigenvalue weighted by Crippen LogP contribution is 2.40. The molecule has 0 bridgehead atoms. The number of hydrogen-bond donors (Lipinski definition) is 2. The van der Waals surface area contributed by atoms with E-state index in [1.54, 1.807) is 4.90 Å². The third-order valence-corrected chi connectivity index (χ3v) is 8.04. The quantitative estimate of drug-likeness (QED) is 0.255. The number of amides is 2. The molecule has 2 N–H and O–H groups in total. The summed E-state index contributed by atoms with van der Waals surface area (Å²) in [6.45, 7) is -2.16. The van der Waals surface area contributed by atoms with Crippen LogP contribution in [0, 0.1) is 0 Å². The lowest BCUT2D eigenvalue weighted by Crippen LogP contribution is -2.33. The number of para-hydroxylation sites is 1. The number of aromatic amines is 1. The molecular weight excluding hydrogens is 525 g/mol. The molecule has 2 amide bonds. The van der Waals surface area contributed by atoms with Gasteiger partial charge < -0.3 is 24.2 Å². The molecule has 1 aromatic heterocycles. The van der Waals surface area contributed by atoms with Crippen molar-refractivity contribution in [3.63, 3.8) is 0 Å². The Morgan fingerprint density at radius 1 is 1.03 bits per heavy atom. The van der Waals surface area contributed by atoms with Crippen LogP contribution in [0.5, 0.6) is 0 Å². The first-order chi connectivity index (χ1) is 18.4. The van der Waals surface area contributed by atoms with E-state index in [1.165, 1.54) is 7.11 Å². The maximum absolute atomic E-state index is 13.4. The van der Waals surface area contributed by atoms with Crippen LogP contribution in [-0.2, 0) is 37.0 Å². The predicted molar refractivity (Wildman–Crippen MR) is 146 cm³/mol. The minimum absolute atomic E-state index is 0.0893. The Bertz CT molecular complexity index is 1320. The van der Waals surface area contributed by atoms with Gasteiger partial charge in [0.15, 0.2) is 0 Å². The fourth-order valence-electron chi connectivity index (χ4n) is 4.36. The molecule has 1 atom stereocenters. The summed E-state index contributed by atoms with van der Waals surface area (Å²) in [5.41, 5.74) is 4.87. The summed E-state index contributed by atoms with van der Waals surface area (Å²) < 4.78 is 9.64. The SMILES string of the molecule is COP([O-])(=S)OCCCCCCNC(=O)CCC(=O)N1Cc2ccccc2-c2n[nH]nc2-c2ccccc21. The van der Waals surface area contributed by atoms with Gasteiger partial charge in [-0.25, -0.2) is 0 Å². The number of hydrogen-bond acceptors (Lipinski definition) is 8.